The number of piperidine rings is 1. The number of hydrogen-bond acceptors (Lipinski definition) is 8. The molecule has 1 fully saturated rings. The highest BCUT2D eigenvalue weighted by molar-refractivity contribution is 5.84. The molecule has 0 radical (unpaired) electrons. The SMILES string of the molecule is CCCCC(CC)COC(=O)C(CC(C)(C)C(C)c1ccccc1)C(C)(C)C(C)(C)CC(C(=O)OCCN(C)C)C(C)(C)ON1C(C)(CC)CC(=O)C(C)C1(C)CC. The first-order valence-electron chi connectivity index (χ1n) is 22.8. The van der Waals surface area contributed by atoms with Crippen LogP contribution in [-0.4, -0.2) is 78.2 Å². The molecule has 1 saturated heterocycles. The molecule has 0 N–H and O–H groups in total. The van der Waals surface area contributed by atoms with Gasteiger partial charge in [0.25, 0.3) is 0 Å². The molecule has 0 spiro atoms. The normalized spacial score (nSPS) is 23.4. The Bertz CT molecular complexity index is 1450. The molecule has 1 aliphatic heterocycles. The van der Waals surface area contributed by atoms with Crippen molar-refractivity contribution in [1.82, 2.24) is 9.96 Å². The van der Waals surface area contributed by atoms with Crippen LogP contribution in [0.5, 0.6) is 0 Å². The number of Topliss-reactive ketones (excluding diaryl/α,β-unsaturated/α-hetero) is 1. The van der Waals surface area contributed by atoms with E-state index in [9.17, 15) is 14.4 Å². The molecule has 1 aromatic rings. The summed E-state index contributed by atoms with van der Waals surface area (Å²) in [6, 6.07) is 10.6. The number of hydroxylamine groups is 2. The first-order valence-corrected chi connectivity index (χ1v) is 22.8. The molecule has 0 aromatic heterocycles. The average Bonchev–Trinajstić information content (AvgIpc) is 3.16. The van der Waals surface area contributed by atoms with Gasteiger partial charge in [-0.2, -0.15) is 5.06 Å². The summed E-state index contributed by atoms with van der Waals surface area (Å²) in [5.74, 6) is -1.11. The summed E-state index contributed by atoms with van der Waals surface area (Å²) in [5, 5.41) is 2.08. The van der Waals surface area contributed by atoms with E-state index in [4.69, 9.17) is 14.3 Å². The minimum atomic E-state index is -1.03. The fourth-order valence-corrected chi connectivity index (χ4v) is 8.99. The summed E-state index contributed by atoms with van der Waals surface area (Å²) in [4.78, 5) is 52.0. The molecule has 1 heterocycles. The second kappa shape index (κ2) is 21.0. The van der Waals surface area contributed by atoms with Crippen LogP contribution in [0.15, 0.2) is 30.3 Å². The molecule has 8 nitrogen and oxygen atoms in total. The molecule has 1 aromatic carbocycles. The quantitative estimate of drug-likeness (QED) is 0.0954. The van der Waals surface area contributed by atoms with Gasteiger partial charge in [-0.15, -0.1) is 0 Å². The Morgan fingerprint density at radius 1 is 0.879 bits per heavy atom. The third-order valence-electron chi connectivity index (χ3n) is 15.5. The molecular weight excluding hydrogens is 725 g/mol. The summed E-state index contributed by atoms with van der Waals surface area (Å²) < 4.78 is 12.5. The number of ether oxygens (including phenoxy) is 2. The Morgan fingerprint density at radius 3 is 1.98 bits per heavy atom. The molecule has 2 rings (SSSR count). The zero-order valence-corrected chi connectivity index (χ0v) is 40.6. The molecule has 0 bridgehead atoms. The van der Waals surface area contributed by atoms with Crippen molar-refractivity contribution in [2.75, 3.05) is 33.9 Å². The van der Waals surface area contributed by atoms with Crippen LogP contribution < -0.4 is 0 Å². The number of ketones is 1. The van der Waals surface area contributed by atoms with Crippen molar-refractivity contribution >= 4 is 17.7 Å². The lowest BCUT2D eigenvalue weighted by Gasteiger charge is -2.58. The summed E-state index contributed by atoms with van der Waals surface area (Å²) in [6.45, 7) is 35.7. The van der Waals surface area contributed by atoms with Crippen LogP contribution in [-0.2, 0) is 28.7 Å². The van der Waals surface area contributed by atoms with Gasteiger partial charge in [-0.25, -0.2) is 0 Å². The highest BCUT2D eigenvalue weighted by Gasteiger charge is 2.58. The maximum atomic E-state index is 14.7. The molecule has 1 aliphatic rings. The van der Waals surface area contributed by atoms with Crippen LogP contribution in [0, 0.1) is 39.9 Å². The van der Waals surface area contributed by atoms with Crippen LogP contribution in [0.4, 0.5) is 0 Å². The van der Waals surface area contributed by atoms with Crippen molar-refractivity contribution in [3.63, 3.8) is 0 Å². The van der Waals surface area contributed by atoms with Crippen molar-refractivity contribution in [2.24, 2.45) is 39.9 Å². The summed E-state index contributed by atoms with van der Waals surface area (Å²) in [5.41, 5.74) is -2.36. The number of carbonyl (C=O) groups excluding carboxylic acids is 3. The highest BCUT2D eigenvalue weighted by atomic mass is 16.7. The van der Waals surface area contributed by atoms with E-state index in [-0.39, 0.29) is 41.6 Å². The second-order valence-corrected chi connectivity index (χ2v) is 21.2. The Morgan fingerprint density at radius 2 is 1.47 bits per heavy atom. The molecule has 0 amide bonds. The van der Waals surface area contributed by atoms with E-state index in [2.05, 4.69) is 119 Å². The predicted molar refractivity (Wildman–Crippen MR) is 239 cm³/mol. The van der Waals surface area contributed by atoms with Crippen LogP contribution in [0.3, 0.4) is 0 Å². The van der Waals surface area contributed by atoms with Crippen LogP contribution in [0.2, 0.25) is 0 Å². The molecule has 334 valence electrons. The lowest BCUT2D eigenvalue weighted by Crippen LogP contribution is -2.68. The van der Waals surface area contributed by atoms with Gasteiger partial charge in [0, 0.05) is 18.9 Å². The largest absolute Gasteiger partial charge is 0.465 e. The van der Waals surface area contributed by atoms with Crippen molar-refractivity contribution in [3.05, 3.63) is 35.9 Å². The maximum absolute atomic E-state index is 14.7. The van der Waals surface area contributed by atoms with Crippen molar-refractivity contribution < 1.29 is 28.7 Å². The van der Waals surface area contributed by atoms with E-state index in [1.54, 1.807) is 0 Å². The first-order chi connectivity index (χ1) is 26.7. The van der Waals surface area contributed by atoms with Crippen LogP contribution >= 0.6 is 0 Å². The minimum absolute atomic E-state index is 0.161. The third-order valence-corrected chi connectivity index (χ3v) is 15.5. The maximum Gasteiger partial charge on any atom is 0.311 e. The van der Waals surface area contributed by atoms with Gasteiger partial charge in [0.2, 0.25) is 0 Å². The van der Waals surface area contributed by atoms with Gasteiger partial charge in [0.05, 0.1) is 35.1 Å². The fraction of sp³-hybridized carbons (Fsp3) is 0.820. The van der Waals surface area contributed by atoms with E-state index in [0.29, 0.717) is 51.2 Å². The van der Waals surface area contributed by atoms with E-state index in [0.717, 1.165) is 25.7 Å². The van der Waals surface area contributed by atoms with Gasteiger partial charge >= 0.3 is 11.9 Å². The predicted octanol–water partition coefficient (Wildman–Crippen LogP) is 11.7. The number of rotatable bonds is 24. The number of benzene rings is 1. The number of likely N-dealkylation sites (N-methyl/N-ethyl adjacent to an activating group) is 1. The molecule has 7 unspecified atom stereocenters. The van der Waals surface area contributed by atoms with E-state index >= 15 is 0 Å². The molecule has 0 saturated carbocycles. The fourth-order valence-electron chi connectivity index (χ4n) is 8.99. The van der Waals surface area contributed by atoms with Crippen LogP contribution in [0.1, 0.15) is 180 Å². The summed E-state index contributed by atoms with van der Waals surface area (Å²) in [6.07, 6.45) is 7.07. The Labute approximate surface area is 356 Å². The van der Waals surface area contributed by atoms with Gasteiger partial charge in [-0.3, -0.25) is 19.2 Å². The zero-order chi connectivity index (χ0) is 44.5. The first kappa shape index (κ1) is 51.8. The highest BCUT2D eigenvalue weighted by Crippen LogP contribution is 2.55. The number of carbonyl (C=O) groups is 3. The van der Waals surface area contributed by atoms with Crippen molar-refractivity contribution in [2.45, 2.75) is 191 Å². The van der Waals surface area contributed by atoms with Crippen LogP contribution in [0.25, 0.3) is 0 Å². The summed E-state index contributed by atoms with van der Waals surface area (Å²) >= 11 is 0. The van der Waals surface area contributed by atoms with Crippen molar-refractivity contribution in [3.8, 4) is 0 Å². The summed E-state index contributed by atoms with van der Waals surface area (Å²) in [7, 11) is 3.93. The van der Waals surface area contributed by atoms with Gasteiger partial charge in [0.1, 0.15) is 12.4 Å². The van der Waals surface area contributed by atoms with E-state index < -0.39 is 39.3 Å². The topological polar surface area (TPSA) is 85.4 Å². The lowest BCUT2D eigenvalue weighted by molar-refractivity contribution is -0.348. The smallest absolute Gasteiger partial charge is 0.311 e. The minimum Gasteiger partial charge on any atom is -0.465 e. The number of nitrogens with zero attached hydrogens (tertiary/aromatic N) is 2. The molecule has 8 heteroatoms. The monoisotopic (exact) mass is 813 g/mol. The standard InChI is InChI=1S/C50H88N2O6/c1-19-23-27-38(20-2)35-57-43(54)40(32-45(7,8)36(5)39-28-25-24-26-29-39)47(11,12)46(9,10)33-41(44(55)56-31-30-51(17)18)48(13,14)58-52-49(15,21-3)34-42(53)37(6)50(52,16)22-4/h24-26,28-29,36-38,40-41H,19-23,27,30-35H2,1-18H3. The van der Waals surface area contributed by atoms with Gasteiger partial charge in [0.15, 0.2) is 0 Å². The lowest BCUT2D eigenvalue weighted by atomic mass is 9.54. The number of unbranched alkanes of at least 4 members (excludes halogenated alkanes) is 1. The van der Waals surface area contributed by atoms with E-state index in [1.165, 1.54) is 5.56 Å². The molecular formula is C50H88N2O6. The van der Waals surface area contributed by atoms with Crippen molar-refractivity contribution in [1.29, 1.82) is 0 Å². The van der Waals surface area contributed by atoms with Gasteiger partial charge < -0.3 is 14.4 Å². The Kier molecular flexibility index (Phi) is 18.8. The number of hydrogen-bond donors (Lipinski definition) is 0. The zero-order valence-electron chi connectivity index (χ0n) is 40.6. The Hall–Kier alpha value is -2.29. The van der Waals surface area contributed by atoms with E-state index in [1.807, 2.05) is 45.8 Å². The molecule has 0 aliphatic carbocycles. The molecule has 58 heavy (non-hydrogen) atoms. The molecule has 7 atom stereocenters. The second-order valence-electron chi connectivity index (χ2n) is 21.2. The number of esters is 2. The average molecular weight is 813 g/mol. The van der Waals surface area contributed by atoms with Gasteiger partial charge in [-0.1, -0.05) is 133 Å². The Balaban J connectivity index is 2.70. The third kappa shape index (κ3) is 12.4. The van der Waals surface area contributed by atoms with Gasteiger partial charge in [-0.05, 0) is 108 Å².